The number of rotatable bonds is 6. The molecule has 7 nitrogen and oxygen atoms in total. The maximum Gasteiger partial charge on any atom is 0.306 e. The molecule has 146 valence electrons. The van der Waals surface area contributed by atoms with E-state index in [0.717, 1.165) is 32.4 Å². The van der Waals surface area contributed by atoms with Crippen molar-refractivity contribution in [1.29, 1.82) is 0 Å². The highest BCUT2D eigenvalue weighted by atomic mass is 32.1. The van der Waals surface area contributed by atoms with E-state index >= 15 is 0 Å². The number of carbonyl (C=O) groups is 3. The number of ether oxygens (including phenoxy) is 1. The van der Waals surface area contributed by atoms with Gasteiger partial charge in [0.05, 0.1) is 13.0 Å². The summed E-state index contributed by atoms with van der Waals surface area (Å²) in [7, 11) is 0. The third-order valence-corrected chi connectivity index (χ3v) is 4.33. The Hall–Kier alpha value is -2.48. The third-order valence-electron chi connectivity index (χ3n) is 4.13. The molecule has 1 fully saturated rings. The van der Waals surface area contributed by atoms with Crippen molar-refractivity contribution in [1.82, 2.24) is 10.2 Å². The van der Waals surface area contributed by atoms with E-state index in [2.05, 4.69) is 10.6 Å². The second-order valence-corrected chi connectivity index (χ2v) is 6.65. The fourth-order valence-corrected chi connectivity index (χ4v) is 3.04. The number of esters is 1. The van der Waals surface area contributed by atoms with Crippen LogP contribution in [0.1, 0.15) is 49.4 Å². The Morgan fingerprint density at radius 1 is 1.15 bits per heavy atom. The number of amides is 2. The Kier molecular flexibility index (Phi) is 8.19. The molecule has 0 atom stereocenters. The molecule has 8 heteroatoms. The fourth-order valence-electron chi connectivity index (χ4n) is 2.81. The molecule has 2 N–H and O–H groups in total. The van der Waals surface area contributed by atoms with Crippen LogP contribution in [0.4, 0.5) is 5.69 Å². The summed E-state index contributed by atoms with van der Waals surface area (Å²) < 4.78 is 4.78. The molecule has 1 saturated heterocycles. The summed E-state index contributed by atoms with van der Waals surface area (Å²) in [4.78, 5) is 37.5. The van der Waals surface area contributed by atoms with Crippen molar-refractivity contribution in [3.8, 4) is 0 Å². The minimum atomic E-state index is -0.421. The molecule has 1 aromatic rings. The summed E-state index contributed by atoms with van der Waals surface area (Å²) in [5.74, 6) is -0.792. The van der Waals surface area contributed by atoms with Crippen LogP contribution in [-0.2, 0) is 14.3 Å². The van der Waals surface area contributed by atoms with Gasteiger partial charge in [-0.05, 0) is 56.6 Å². The molecule has 1 heterocycles. The minimum absolute atomic E-state index is 0.00209. The molecule has 0 saturated carbocycles. The van der Waals surface area contributed by atoms with Crippen LogP contribution in [0.25, 0.3) is 0 Å². The van der Waals surface area contributed by atoms with Crippen molar-refractivity contribution < 1.29 is 19.1 Å². The third kappa shape index (κ3) is 6.97. The highest BCUT2D eigenvalue weighted by Crippen LogP contribution is 2.16. The lowest BCUT2D eigenvalue weighted by Crippen LogP contribution is -2.36. The Morgan fingerprint density at radius 2 is 1.89 bits per heavy atom. The van der Waals surface area contributed by atoms with E-state index in [-0.39, 0.29) is 36.4 Å². The van der Waals surface area contributed by atoms with Gasteiger partial charge < -0.3 is 20.3 Å². The van der Waals surface area contributed by atoms with Gasteiger partial charge in [0.2, 0.25) is 5.91 Å². The molecule has 0 radical (unpaired) electrons. The van der Waals surface area contributed by atoms with Crippen molar-refractivity contribution in [2.45, 2.75) is 39.0 Å². The maximum absolute atomic E-state index is 12.6. The standard InChI is InChI=1S/C19H25N3O4S/c1-2-26-17(24)10-9-16(23)21-19(27)20-15-8-6-7-14(13-15)18(25)22-11-4-3-5-12-22/h6-8,13H,2-5,9-12H2,1H3,(H2,20,21,23,27). The van der Waals surface area contributed by atoms with Crippen molar-refractivity contribution in [2.24, 2.45) is 0 Å². The zero-order chi connectivity index (χ0) is 19.6. The van der Waals surface area contributed by atoms with Gasteiger partial charge in [-0.15, -0.1) is 0 Å². The molecule has 0 spiro atoms. The molecule has 27 heavy (non-hydrogen) atoms. The number of hydrogen-bond acceptors (Lipinski definition) is 5. The molecular formula is C19H25N3O4S. The van der Waals surface area contributed by atoms with E-state index in [1.807, 2.05) is 4.90 Å². The van der Waals surface area contributed by atoms with Gasteiger partial charge >= 0.3 is 5.97 Å². The van der Waals surface area contributed by atoms with E-state index < -0.39 is 5.97 Å². The zero-order valence-electron chi connectivity index (χ0n) is 15.5. The van der Waals surface area contributed by atoms with E-state index in [1.54, 1.807) is 31.2 Å². The van der Waals surface area contributed by atoms with Gasteiger partial charge in [-0.3, -0.25) is 14.4 Å². The van der Waals surface area contributed by atoms with Crippen LogP contribution in [0.15, 0.2) is 24.3 Å². The van der Waals surface area contributed by atoms with Crippen LogP contribution in [0, 0.1) is 0 Å². The highest BCUT2D eigenvalue weighted by Gasteiger charge is 2.18. The van der Waals surface area contributed by atoms with Gasteiger partial charge in [0, 0.05) is 30.8 Å². The fraction of sp³-hybridized carbons (Fsp3) is 0.474. The van der Waals surface area contributed by atoms with Gasteiger partial charge in [0.25, 0.3) is 5.91 Å². The zero-order valence-corrected chi connectivity index (χ0v) is 16.3. The van der Waals surface area contributed by atoms with Crippen molar-refractivity contribution >= 4 is 40.8 Å². The number of benzene rings is 1. The number of hydrogen-bond donors (Lipinski definition) is 2. The monoisotopic (exact) mass is 391 g/mol. The topological polar surface area (TPSA) is 87.7 Å². The quantitative estimate of drug-likeness (QED) is 0.572. The highest BCUT2D eigenvalue weighted by molar-refractivity contribution is 7.80. The summed E-state index contributed by atoms with van der Waals surface area (Å²) >= 11 is 5.12. The first-order valence-corrected chi connectivity index (χ1v) is 9.56. The first-order chi connectivity index (χ1) is 13.0. The van der Waals surface area contributed by atoms with E-state index in [1.165, 1.54) is 0 Å². The average Bonchev–Trinajstić information content (AvgIpc) is 2.67. The molecule has 1 aliphatic rings. The molecule has 0 unspecified atom stereocenters. The van der Waals surface area contributed by atoms with Gasteiger partial charge in [0.1, 0.15) is 0 Å². The molecule has 1 aromatic carbocycles. The lowest BCUT2D eigenvalue weighted by Gasteiger charge is -2.26. The lowest BCUT2D eigenvalue weighted by molar-refractivity contribution is -0.144. The number of thiocarbonyl (C=S) groups is 1. The Morgan fingerprint density at radius 3 is 2.59 bits per heavy atom. The second kappa shape index (κ2) is 10.6. The van der Waals surface area contributed by atoms with Crippen LogP contribution < -0.4 is 10.6 Å². The van der Waals surface area contributed by atoms with Crippen LogP contribution in [0.3, 0.4) is 0 Å². The Balaban J connectivity index is 1.85. The van der Waals surface area contributed by atoms with Crippen LogP contribution in [0.2, 0.25) is 0 Å². The summed E-state index contributed by atoms with van der Waals surface area (Å²) in [6.45, 7) is 3.56. The van der Waals surface area contributed by atoms with Crippen molar-refractivity contribution in [3.63, 3.8) is 0 Å². The van der Waals surface area contributed by atoms with E-state index in [0.29, 0.717) is 11.3 Å². The molecular weight excluding hydrogens is 366 g/mol. The first kappa shape index (κ1) is 20.8. The van der Waals surface area contributed by atoms with Gasteiger partial charge in [-0.25, -0.2) is 0 Å². The minimum Gasteiger partial charge on any atom is -0.466 e. The van der Waals surface area contributed by atoms with Gasteiger partial charge in [0.15, 0.2) is 5.11 Å². The van der Waals surface area contributed by atoms with Crippen molar-refractivity contribution in [2.75, 3.05) is 25.0 Å². The number of nitrogens with zero attached hydrogens (tertiary/aromatic N) is 1. The predicted octanol–water partition coefficient (Wildman–Crippen LogP) is 2.47. The van der Waals surface area contributed by atoms with Crippen molar-refractivity contribution in [3.05, 3.63) is 29.8 Å². The van der Waals surface area contributed by atoms with Crippen LogP contribution in [-0.4, -0.2) is 47.5 Å². The SMILES string of the molecule is CCOC(=O)CCC(=O)NC(=S)Nc1cccc(C(=O)N2CCCCC2)c1. The Labute approximate surface area is 164 Å². The average molecular weight is 391 g/mol. The number of anilines is 1. The summed E-state index contributed by atoms with van der Waals surface area (Å²) in [6.07, 6.45) is 3.23. The molecule has 0 aliphatic carbocycles. The number of nitrogens with one attached hydrogen (secondary N) is 2. The molecule has 2 rings (SSSR count). The molecule has 0 aromatic heterocycles. The summed E-state index contributed by atoms with van der Waals surface area (Å²) in [6, 6.07) is 7.02. The molecule has 1 aliphatic heterocycles. The van der Waals surface area contributed by atoms with Crippen LogP contribution in [0.5, 0.6) is 0 Å². The first-order valence-electron chi connectivity index (χ1n) is 9.15. The summed E-state index contributed by atoms with van der Waals surface area (Å²) in [5.41, 5.74) is 1.20. The maximum atomic E-state index is 12.6. The largest absolute Gasteiger partial charge is 0.466 e. The van der Waals surface area contributed by atoms with Crippen LogP contribution >= 0.6 is 12.2 Å². The number of likely N-dealkylation sites (tertiary alicyclic amines) is 1. The number of carbonyl (C=O) groups excluding carboxylic acids is 3. The summed E-state index contributed by atoms with van der Waals surface area (Å²) in [5, 5.41) is 5.53. The van der Waals surface area contributed by atoms with Gasteiger partial charge in [-0.2, -0.15) is 0 Å². The number of piperidine rings is 1. The van der Waals surface area contributed by atoms with E-state index in [9.17, 15) is 14.4 Å². The Bertz CT molecular complexity index is 702. The smallest absolute Gasteiger partial charge is 0.306 e. The predicted molar refractivity (Wildman–Crippen MR) is 106 cm³/mol. The van der Waals surface area contributed by atoms with Gasteiger partial charge in [-0.1, -0.05) is 6.07 Å². The van der Waals surface area contributed by atoms with E-state index in [4.69, 9.17) is 17.0 Å². The normalized spacial score (nSPS) is 13.6. The molecule has 0 bridgehead atoms. The lowest BCUT2D eigenvalue weighted by atomic mass is 10.1. The second-order valence-electron chi connectivity index (χ2n) is 6.24. The molecule has 2 amide bonds.